The summed E-state index contributed by atoms with van der Waals surface area (Å²) in [5.74, 6) is -0.288. The van der Waals surface area contributed by atoms with E-state index in [1.807, 2.05) is 4.90 Å². The van der Waals surface area contributed by atoms with Gasteiger partial charge >= 0.3 is 0 Å². The van der Waals surface area contributed by atoms with Gasteiger partial charge in [-0.1, -0.05) is 6.07 Å². The third-order valence-corrected chi connectivity index (χ3v) is 4.58. The molecule has 3 rings (SSSR count). The Balaban J connectivity index is 1.69. The summed E-state index contributed by atoms with van der Waals surface area (Å²) in [4.78, 5) is 45.3. The second kappa shape index (κ2) is 7.42. The lowest BCUT2D eigenvalue weighted by molar-refractivity contribution is -0.119. The zero-order valence-corrected chi connectivity index (χ0v) is 13.7. The van der Waals surface area contributed by atoms with Crippen molar-refractivity contribution in [1.29, 1.82) is 0 Å². The third kappa shape index (κ3) is 3.55. The van der Waals surface area contributed by atoms with Crippen molar-refractivity contribution in [1.82, 2.24) is 19.7 Å². The Bertz CT molecular complexity index is 620. The first kappa shape index (κ1) is 16.4. The van der Waals surface area contributed by atoms with E-state index in [4.69, 9.17) is 0 Å². The molecule has 2 aliphatic heterocycles. The predicted octanol–water partition coefficient (Wildman–Crippen LogP) is 0.622. The normalized spacial score (nSPS) is 18.4. The van der Waals surface area contributed by atoms with E-state index in [-0.39, 0.29) is 17.5 Å². The van der Waals surface area contributed by atoms with Gasteiger partial charge in [-0.2, -0.15) is 0 Å². The second-order valence-electron chi connectivity index (χ2n) is 6.19. The minimum Gasteiger partial charge on any atom is -0.342 e. The van der Waals surface area contributed by atoms with E-state index in [0.29, 0.717) is 31.9 Å². The number of piperazine rings is 1. The van der Waals surface area contributed by atoms with Crippen molar-refractivity contribution >= 4 is 18.2 Å². The number of carbonyl (C=O) groups excluding carboxylic acids is 3. The molecule has 128 valence electrons. The van der Waals surface area contributed by atoms with Crippen molar-refractivity contribution in [3.05, 3.63) is 29.6 Å². The molecule has 0 unspecified atom stereocenters. The van der Waals surface area contributed by atoms with E-state index in [1.165, 1.54) is 0 Å². The van der Waals surface area contributed by atoms with E-state index in [0.717, 1.165) is 38.8 Å². The molecule has 2 aliphatic rings. The Morgan fingerprint density at radius 2 is 1.38 bits per heavy atom. The van der Waals surface area contributed by atoms with Crippen molar-refractivity contribution in [2.24, 2.45) is 0 Å². The molecule has 0 N–H and O–H groups in total. The summed E-state index contributed by atoms with van der Waals surface area (Å²) in [6.07, 6.45) is 4.00. The van der Waals surface area contributed by atoms with Crippen molar-refractivity contribution in [3.8, 4) is 0 Å². The highest BCUT2D eigenvalue weighted by atomic mass is 16.2. The van der Waals surface area contributed by atoms with Crippen LogP contribution in [0.1, 0.15) is 40.2 Å². The standard InChI is InChI=1S/C17H22N4O3/c22-13-19-9-11-21(12-10-19)17(24)15-6-4-5-14(18-15)16(23)20-7-2-1-3-8-20/h4-6,13H,1-3,7-12H2. The summed E-state index contributed by atoms with van der Waals surface area (Å²) in [6.45, 7) is 3.55. The first-order valence-corrected chi connectivity index (χ1v) is 8.44. The molecule has 3 heterocycles. The topological polar surface area (TPSA) is 73.8 Å². The monoisotopic (exact) mass is 330 g/mol. The molecule has 7 nitrogen and oxygen atoms in total. The lowest BCUT2D eigenvalue weighted by Crippen LogP contribution is -2.48. The van der Waals surface area contributed by atoms with Gasteiger partial charge in [-0.05, 0) is 31.4 Å². The fourth-order valence-electron chi connectivity index (χ4n) is 3.12. The number of hydrogen-bond donors (Lipinski definition) is 0. The number of hydrogen-bond acceptors (Lipinski definition) is 4. The molecule has 0 radical (unpaired) electrons. The number of aromatic nitrogens is 1. The third-order valence-electron chi connectivity index (χ3n) is 4.58. The highest BCUT2D eigenvalue weighted by molar-refractivity contribution is 5.96. The molecule has 7 heteroatoms. The maximum absolute atomic E-state index is 12.6. The maximum Gasteiger partial charge on any atom is 0.272 e. The SMILES string of the molecule is O=CN1CCN(C(=O)c2cccc(C(=O)N3CCCCC3)n2)CC1. The number of likely N-dealkylation sites (tertiary alicyclic amines) is 1. The van der Waals surface area contributed by atoms with E-state index >= 15 is 0 Å². The molecule has 0 aromatic carbocycles. The molecule has 0 bridgehead atoms. The Labute approximate surface area is 141 Å². The van der Waals surface area contributed by atoms with Gasteiger partial charge < -0.3 is 14.7 Å². The van der Waals surface area contributed by atoms with E-state index in [1.54, 1.807) is 28.0 Å². The quantitative estimate of drug-likeness (QED) is 0.762. The molecule has 0 saturated carbocycles. The van der Waals surface area contributed by atoms with Crippen LogP contribution in [0.25, 0.3) is 0 Å². The number of amides is 3. The Hall–Kier alpha value is -2.44. The lowest BCUT2D eigenvalue weighted by atomic mass is 10.1. The van der Waals surface area contributed by atoms with Crippen molar-refractivity contribution < 1.29 is 14.4 Å². The van der Waals surface area contributed by atoms with Gasteiger partial charge in [-0.25, -0.2) is 4.98 Å². The Kier molecular flexibility index (Phi) is 5.08. The van der Waals surface area contributed by atoms with Crippen LogP contribution in [0.3, 0.4) is 0 Å². The predicted molar refractivity (Wildman–Crippen MR) is 87.5 cm³/mol. The summed E-state index contributed by atoms with van der Waals surface area (Å²) in [7, 11) is 0. The first-order valence-electron chi connectivity index (χ1n) is 8.44. The van der Waals surface area contributed by atoms with Crippen molar-refractivity contribution in [3.63, 3.8) is 0 Å². The molecule has 0 atom stereocenters. The van der Waals surface area contributed by atoms with Crippen LogP contribution < -0.4 is 0 Å². The minimum atomic E-state index is -0.186. The Morgan fingerprint density at radius 1 is 0.833 bits per heavy atom. The molecule has 2 saturated heterocycles. The number of pyridine rings is 1. The van der Waals surface area contributed by atoms with Crippen molar-refractivity contribution in [2.45, 2.75) is 19.3 Å². The van der Waals surface area contributed by atoms with Gasteiger partial charge in [0.05, 0.1) is 0 Å². The molecule has 1 aromatic rings. The highest BCUT2D eigenvalue weighted by Gasteiger charge is 2.24. The number of rotatable bonds is 3. The average molecular weight is 330 g/mol. The molecule has 24 heavy (non-hydrogen) atoms. The molecule has 2 fully saturated rings. The van der Waals surface area contributed by atoms with Crippen LogP contribution >= 0.6 is 0 Å². The summed E-state index contributed by atoms with van der Waals surface area (Å²) < 4.78 is 0. The zero-order valence-electron chi connectivity index (χ0n) is 13.7. The van der Waals surface area contributed by atoms with Crippen LogP contribution in [0.2, 0.25) is 0 Å². The molecule has 0 spiro atoms. The number of carbonyl (C=O) groups is 3. The van der Waals surface area contributed by atoms with Gasteiger partial charge in [0.25, 0.3) is 11.8 Å². The number of nitrogens with zero attached hydrogens (tertiary/aromatic N) is 4. The minimum absolute atomic E-state index is 0.102. The van der Waals surface area contributed by atoms with E-state index in [9.17, 15) is 14.4 Å². The van der Waals surface area contributed by atoms with E-state index < -0.39 is 0 Å². The number of piperidine rings is 1. The lowest BCUT2D eigenvalue weighted by Gasteiger charge is -2.32. The van der Waals surface area contributed by atoms with Gasteiger partial charge in [-0.15, -0.1) is 0 Å². The van der Waals surface area contributed by atoms with Gasteiger partial charge in [0.1, 0.15) is 11.4 Å². The van der Waals surface area contributed by atoms with Crippen LogP contribution in [0.5, 0.6) is 0 Å². The fourth-order valence-corrected chi connectivity index (χ4v) is 3.12. The second-order valence-corrected chi connectivity index (χ2v) is 6.19. The van der Waals surface area contributed by atoms with Crippen LogP contribution in [-0.2, 0) is 4.79 Å². The molecule has 1 aromatic heterocycles. The summed E-state index contributed by atoms with van der Waals surface area (Å²) >= 11 is 0. The maximum atomic E-state index is 12.6. The summed E-state index contributed by atoms with van der Waals surface area (Å²) in [6, 6.07) is 5.01. The summed E-state index contributed by atoms with van der Waals surface area (Å²) in [5, 5.41) is 0. The average Bonchev–Trinajstić information content (AvgIpc) is 2.67. The highest BCUT2D eigenvalue weighted by Crippen LogP contribution is 2.13. The van der Waals surface area contributed by atoms with Gasteiger partial charge in [0.15, 0.2) is 0 Å². The smallest absolute Gasteiger partial charge is 0.272 e. The van der Waals surface area contributed by atoms with Crippen LogP contribution in [0.15, 0.2) is 18.2 Å². The van der Waals surface area contributed by atoms with Crippen molar-refractivity contribution in [2.75, 3.05) is 39.3 Å². The first-order chi connectivity index (χ1) is 11.7. The molecule has 3 amide bonds. The van der Waals surface area contributed by atoms with Gasteiger partial charge in [0.2, 0.25) is 6.41 Å². The molecular weight excluding hydrogens is 308 g/mol. The van der Waals surface area contributed by atoms with Crippen LogP contribution in [0.4, 0.5) is 0 Å². The Morgan fingerprint density at radius 3 is 1.92 bits per heavy atom. The van der Waals surface area contributed by atoms with Crippen LogP contribution in [0, 0.1) is 0 Å². The van der Waals surface area contributed by atoms with Gasteiger partial charge in [-0.3, -0.25) is 14.4 Å². The van der Waals surface area contributed by atoms with Crippen LogP contribution in [-0.4, -0.2) is 77.2 Å². The van der Waals surface area contributed by atoms with E-state index in [2.05, 4.69) is 4.98 Å². The molecule has 0 aliphatic carbocycles. The van der Waals surface area contributed by atoms with Gasteiger partial charge in [0, 0.05) is 39.3 Å². The fraction of sp³-hybridized carbons (Fsp3) is 0.529. The zero-order chi connectivity index (χ0) is 16.9. The largest absolute Gasteiger partial charge is 0.342 e. The molecular formula is C17H22N4O3. The summed E-state index contributed by atoms with van der Waals surface area (Å²) in [5.41, 5.74) is 0.617.